The van der Waals surface area contributed by atoms with Crippen LogP contribution in [-0.2, 0) is 16.6 Å². The predicted molar refractivity (Wildman–Crippen MR) is 71.4 cm³/mol. The lowest BCUT2D eigenvalue weighted by Gasteiger charge is -2.10. The molecule has 2 N–H and O–H groups in total. The van der Waals surface area contributed by atoms with Crippen molar-refractivity contribution >= 4 is 15.7 Å². The third-order valence-corrected chi connectivity index (χ3v) is 4.14. The highest BCUT2D eigenvalue weighted by atomic mass is 32.2. The Morgan fingerprint density at radius 3 is 2.58 bits per heavy atom. The molecular weight excluding hydrogens is 266 g/mol. The molecule has 5 nitrogen and oxygen atoms in total. The normalized spacial score (nSPS) is 11.5. The van der Waals surface area contributed by atoms with Gasteiger partial charge in [0.2, 0.25) is 5.09 Å². The van der Waals surface area contributed by atoms with Crippen molar-refractivity contribution in [1.29, 1.82) is 0 Å². The third-order valence-electron chi connectivity index (χ3n) is 2.91. The minimum Gasteiger partial charge on any atom is -0.445 e. The van der Waals surface area contributed by atoms with Crippen molar-refractivity contribution in [3.63, 3.8) is 0 Å². The van der Waals surface area contributed by atoms with Gasteiger partial charge in [-0.3, -0.25) is 4.72 Å². The zero-order valence-corrected chi connectivity index (χ0v) is 11.5. The number of sulfonamides is 1. The van der Waals surface area contributed by atoms with Crippen LogP contribution >= 0.6 is 0 Å². The molecule has 0 spiro atoms. The second-order valence-electron chi connectivity index (χ2n) is 4.23. The van der Waals surface area contributed by atoms with Gasteiger partial charge >= 0.3 is 0 Å². The summed E-state index contributed by atoms with van der Waals surface area (Å²) in [6.45, 7) is 3.41. The van der Waals surface area contributed by atoms with Gasteiger partial charge in [-0.05, 0) is 43.2 Å². The van der Waals surface area contributed by atoms with Gasteiger partial charge in [0.15, 0.2) is 0 Å². The van der Waals surface area contributed by atoms with E-state index in [9.17, 15) is 8.42 Å². The monoisotopic (exact) mass is 281 g/mol. The zero-order valence-electron chi connectivity index (χ0n) is 10.7. The van der Waals surface area contributed by atoms with Crippen LogP contribution in [0.5, 0.6) is 0 Å². The topological polar surface area (TPSA) is 79.5 Å². The molecule has 1 aromatic carbocycles. The molecule has 1 aromatic heterocycles. The number of anilines is 1. The molecular formula is C13H15NO4S. The Hall–Kier alpha value is -1.79. The largest absolute Gasteiger partial charge is 0.445 e. The number of aliphatic hydroxyl groups is 1. The molecule has 0 bridgehead atoms. The maximum Gasteiger partial charge on any atom is 0.295 e. The molecule has 0 fully saturated rings. The number of hydrogen-bond acceptors (Lipinski definition) is 4. The van der Waals surface area contributed by atoms with Gasteiger partial charge in [-0.2, -0.15) is 8.42 Å². The van der Waals surface area contributed by atoms with E-state index in [1.807, 2.05) is 19.9 Å². The van der Waals surface area contributed by atoms with Crippen LogP contribution < -0.4 is 4.72 Å². The van der Waals surface area contributed by atoms with Crippen LogP contribution in [0.4, 0.5) is 5.69 Å². The first-order valence-corrected chi connectivity index (χ1v) is 7.21. The number of rotatable bonds is 4. The van der Waals surface area contributed by atoms with E-state index in [2.05, 4.69) is 4.72 Å². The second kappa shape index (κ2) is 5.07. The predicted octanol–water partition coefficient (Wildman–Crippen LogP) is 2.19. The lowest BCUT2D eigenvalue weighted by atomic mass is 10.1. The lowest BCUT2D eigenvalue weighted by Crippen LogP contribution is -2.13. The number of benzene rings is 1. The first-order valence-electron chi connectivity index (χ1n) is 5.72. The molecule has 0 atom stereocenters. The quantitative estimate of drug-likeness (QED) is 0.900. The highest BCUT2D eigenvalue weighted by molar-refractivity contribution is 7.92. The van der Waals surface area contributed by atoms with Gasteiger partial charge in [0, 0.05) is 0 Å². The van der Waals surface area contributed by atoms with Crippen LogP contribution in [-0.4, -0.2) is 13.5 Å². The minimum absolute atomic E-state index is 0.210. The molecule has 0 saturated heterocycles. The van der Waals surface area contributed by atoms with Gasteiger partial charge in [-0.15, -0.1) is 0 Å². The number of aryl methyl sites for hydroxylation is 1. The van der Waals surface area contributed by atoms with Crippen molar-refractivity contribution in [2.24, 2.45) is 0 Å². The molecule has 6 heteroatoms. The van der Waals surface area contributed by atoms with Crippen molar-refractivity contribution < 1.29 is 17.9 Å². The van der Waals surface area contributed by atoms with Crippen molar-refractivity contribution in [2.75, 3.05) is 4.72 Å². The molecule has 0 aliphatic rings. The second-order valence-corrected chi connectivity index (χ2v) is 5.85. The molecule has 0 aliphatic heterocycles. The van der Waals surface area contributed by atoms with E-state index in [0.717, 1.165) is 11.1 Å². The van der Waals surface area contributed by atoms with Crippen LogP contribution in [0.1, 0.15) is 16.9 Å². The molecule has 0 aliphatic carbocycles. The van der Waals surface area contributed by atoms with Gasteiger partial charge in [-0.1, -0.05) is 12.1 Å². The van der Waals surface area contributed by atoms with Gasteiger partial charge in [0.25, 0.3) is 10.0 Å². The maximum atomic E-state index is 12.1. The Labute approximate surface area is 111 Å². The van der Waals surface area contributed by atoms with Crippen molar-refractivity contribution in [2.45, 2.75) is 25.5 Å². The van der Waals surface area contributed by atoms with E-state index < -0.39 is 10.0 Å². The number of nitrogens with one attached hydrogen (secondary N) is 1. The summed E-state index contributed by atoms with van der Waals surface area (Å²) in [4.78, 5) is 0. The van der Waals surface area contributed by atoms with Gasteiger partial charge in [0.05, 0.1) is 5.69 Å². The van der Waals surface area contributed by atoms with E-state index in [0.29, 0.717) is 5.69 Å². The highest BCUT2D eigenvalue weighted by Crippen LogP contribution is 2.23. The van der Waals surface area contributed by atoms with Gasteiger partial charge in [-0.25, -0.2) is 0 Å². The summed E-state index contributed by atoms with van der Waals surface area (Å²) in [7, 11) is -3.77. The van der Waals surface area contributed by atoms with Crippen LogP contribution in [0.2, 0.25) is 0 Å². The molecule has 0 amide bonds. The molecule has 2 rings (SSSR count). The fourth-order valence-electron chi connectivity index (χ4n) is 1.64. The Morgan fingerprint density at radius 1 is 1.21 bits per heavy atom. The molecule has 1 heterocycles. The molecule has 102 valence electrons. The summed E-state index contributed by atoms with van der Waals surface area (Å²) >= 11 is 0. The summed E-state index contributed by atoms with van der Waals surface area (Å²) in [6, 6.07) is 8.12. The zero-order chi connectivity index (χ0) is 14.0. The number of furan rings is 1. The van der Waals surface area contributed by atoms with E-state index in [1.54, 1.807) is 12.1 Å². The lowest BCUT2D eigenvalue weighted by molar-refractivity contribution is 0.236. The molecule has 19 heavy (non-hydrogen) atoms. The van der Waals surface area contributed by atoms with E-state index in [1.165, 1.54) is 12.1 Å². The molecule has 0 radical (unpaired) electrons. The van der Waals surface area contributed by atoms with Crippen molar-refractivity contribution in [3.05, 3.63) is 47.2 Å². The number of hydrogen-bond donors (Lipinski definition) is 2. The van der Waals surface area contributed by atoms with E-state index >= 15 is 0 Å². The Bertz CT molecular complexity index is 688. The minimum atomic E-state index is -3.77. The summed E-state index contributed by atoms with van der Waals surface area (Å²) in [6.07, 6.45) is 0. The standard InChI is InChI=1S/C13H15NO4S/c1-9-4-3-5-12(10(9)2)14-19(16,17)13-7-6-11(8-15)18-13/h3-7,14-15H,8H2,1-2H3. The summed E-state index contributed by atoms with van der Waals surface area (Å²) < 4.78 is 31.7. The number of aliphatic hydroxyl groups excluding tert-OH is 1. The SMILES string of the molecule is Cc1cccc(NS(=O)(=O)c2ccc(CO)o2)c1C. The van der Waals surface area contributed by atoms with Crippen LogP contribution in [0.25, 0.3) is 0 Å². The Morgan fingerprint density at radius 2 is 1.95 bits per heavy atom. The summed E-state index contributed by atoms with van der Waals surface area (Å²) in [5.41, 5.74) is 2.37. The van der Waals surface area contributed by atoms with Crippen LogP contribution in [0.3, 0.4) is 0 Å². The van der Waals surface area contributed by atoms with Crippen LogP contribution in [0, 0.1) is 13.8 Å². The van der Waals surface area contributed by atoms with E-state index in [4.69, 9.17) is 9.52 Å². The fraction of sp³-hybridized carbons (Fsp3) is 0.231. The maximum absolute atomic E-state index is 12.1. The summed E-state index contributed by atoms with van der Waals surface area (Å²) in [5, 5.41) is 8.67. The fourth-order valence-corrected chi connectivity index (χ4v) is 2.72. The first kappa shape index (κ1) is 13.6. The third kappa shape index (κ3) is 2.80. The van der Waals surface area contributed by atoms with E-state index in [-0.39, 0.29) is 17.5 Å². The highest BCUT2D eigenvalue weighted by Gasteiger charge is 2.19. The van der Waals surface area contributed by atoms with Crippen molar-refractivity contribution in [1.82, 2.24) is 0 Å². The van der Waals surface area contributed by atoms with Gasteiger partial charge < -0.3 is 9.52 Å². The van der Waals surface area contributed by atoms with Crippen LogP contribution in [0.15, 0.2) is 39.8 Å². The average Bonchev–Trinajstić information content (AvgIpc) is 2.84. The smallest absolute Gasteiger partial charge is 0.295 e. The van der Waals surface area contributed by atoms with Gasteiger partial charge in [0.1, 0.15) is 12.4 Å². The molecule has 0 unspecified atom stereocenters. The average molecular weight is 281 g/mol. The first-order chi connectivity index (χ1) is 8.94. The van der Waals surface area contributed by atoms with Crippen molar-refractivity contribution in [3.8, 4) is 0 Å². The molecule has 2 aromatic rings. The molecule has 0 saturated carbocycles. The Kier molecular flexibility index (Phi) is 3.64. The Balaban J connectivity index is 2.33. The summed E-state index contributed by atoms with van der Waals surface area (Å²) in [5.74, 6) is 0.210.